The highest BCUT2D eigenvalue weighted by Gasteiger charge is 2.04. The van der Waals surface area contributed by atoms with E-state index >= 15 is 0 Å². The molecule has 122 valence electrons. The van der Waals surface area contributed by atoms with Crippen LogP contribution in [0.25, 0.3) is 0 Å². The van der Waals surface area contributed by atoms with Crippen molar-refractivity contribution in [3.8, 4) is 5.75 Å². The second-order valence-corrected chi connectivity index (χ2v) is 5.95. The van der Waals surface area contributed by atoms with Crippen LogP contribution in [0.15, 0.2) is 54.6 Å². The Morgan fingerprint density at radius 1 is 1.09 bits per heavy atom. The van der Waals surface area contributed by atoms with Crippen LogP contribution in [0.3, 0.4) is 0 Å². The first kappa shape index (κ1) is 17.1. The molecule has 0 heterocycles. The Morgan fingerprint density at radius 3 is 2.61 bits per heavy atom. The fourth-order valence-electron chi connectivity index (χ4n) is 2.33. The van der Waals surface area contributed by atoms with Crippen molar-refractivity contribution in [1.82, 2.24) is 5.32 Å². The Balaban J connectivity index is 1.66. The third-order valence-electron chi connectivity index (χ3n) is 3.70. The summed E-state index contributed by atoms with van der Waals surface area (Å²) < 4.78 is 5.56. The lowest BCUT2D eigenvalue weighted by Crippen LogP contribution is -2.29. The van der Waals surface area contributed by atoms with E-state index in [1.807, 2.05) is 36.4 Å². The lowest BCUT2D eigenvalue weighted by Gasteiger charge is -2.10. The zero-order chi connectivity index (χ0) is 16.5. The van der Waals surface area contributed by atoms with Gasteiger partial charge in [-0.1, -0.05) is 56.3 Å². The maximum absolute atomic E-state index is 11.8. The molecule has 0 saturated heterocycles. The predicted octanol–water partition coefficient (Wildman–Crippen LogP) is 3.94. The molecule has 2 aromatic rings. The Kier molecular flexibility index (Phi) is 6.67. The van der Waals surface area contributed by atoms with E-state index in [1.165, 1.54) is 11.1 Å². The van der Waals surface area contributed by atoms with E-state index in [4.69, 9.17) is 4.74 Å². The summed E-state index contributed by atoms with van der Waals surface area (Å²) in [5.41, 5.74) is 2.51. The second-order valence-electron chi connectivity index (χ2n) is 5.95. The third kappa shape index (κ3) is 6.15. The highest BCUT2D eigenvalue weighted by molar-refractivity contribution is 5.77. The van der Waals surface area contributed by atoms with Gasteiger partial charge in [-0.25, -0.2) is 0 Å². The number of carbonyl (C=O) groups is 1. The molecule has 0 aliphatic heterocycles. The third-order valence-corrected chi connectivity index (χ3v) is 3.70. The van der Waals surface area contributed by atoms with Gasteiger partial charge in [0.15, 0.2) is 6.61 Å². The minimum absolute atomic E-state index is 0.0624. The number of nitrogens with one attached hydrogen (secondary N) is 1. The number of hydrogen-bond donors (Lipinski definition) is 1. The molecule has 1 amide bonds. The summed E-state index contributed by atoms with van der Waals surface area (Å²) in [6.45, 7) is 5.01. The molecular formula is C20H25NO2. The maximum Gasteiger partial charge on any atom is 0.257 e. The number of amides is 1. The van der Waals surface area contributed by atoms with Crippen LogP contribution in [-0.4, -0.2) is 19.1 Å². The first-order chi connectivity index (χ1) is 11.1. The Morgan fingerprint density at radius 2 is 1.87 bits per heavy atom. The lowest BCUT2D eigenvalue weighted by molar-refractivity contribution is -0.123. The van der Waals surface area contributed by atoms with E-state index in [9.17, 15) is 4.79 Å². The molecule has 0 unspecified atom stereocenters. The van der Waals surface area contributed by atoms with Gasteiger partial charge in [0.1, 0.15) is 5.75 Å². The minimum Gasteiger partial charge on any atom is -0.484 e. The van der Waals surface area contributed by atoms with Gasteiger partial charge in [-0.15, -0.1) is 0 Å². The zero-order valence-electron chi connectivity index (χ0n) is 13.9. The van der Waals surface area contributed by atoms with E-state index in [1.54, 1.807) is 0 Å². The molecular weight excluding hydrogens is 286 g/mol. The number of rotatable bonds is 8. The van der Waals surface area contributed by atoms with Crippen LogP contribution >= 0.6 is 0 Å². The summed E-state index contributed by atoms with van der Waals surface area (Å²) in [6, 6.07) is 18.2. The van der Waals surface area contributed by atoms with Gasteiger partial charge in [-0.2, -0.15) is 0 Å². The summed E-state index contributed by atoms with van der Waals surface area (Å²) in [5.74, 6) is 1.12. The van der Waals surface area contributed by atoms with Crippen molar-refractivity contribution >= 4 is 5.91 Å². The quantitative estimate of drug-likeness (QED) is 0.750. The average molecular weight is 311 g/mol. The van der Waals surface area contributed by atoms with Crippen LogP contribution in [0.1, 0.15) is 37.3 Å². The normalized spacial score (nSPS) is 10.6. The molecule has 2 rings (SSSR count). The Labute approximate surface area is 138 Å². The largest absolute Gasteiger partial charge is 0.484 e. The van der Waals surface area contributed by atoms with E-state index in [2.05, 4.69) is 37.4 Å². The van der Waals surface area contributed by atoms with Crippen molar-refractivity contribution in [1.29, 1.82) is 0 Å². The monoisotopic (exact) mass is 311 g/mol. The van der Waals surface area contributed by atoms with Gasteiger partial charge in [0.2, 0.25) is 0 Å². The van der Waals surface area contributed by atoms with Gasteiger partial charge in [0.05, 0.1) is 0 Å². The number of benzene rings is 2. The van der Waals surface area contributed by atoms with Gasteiger partial charge in [0.25, 0.3) is 5.91 Å². The fraction of sp³-hybridized carbons (Fsp3) is 0.350. The van der Waals surface area contributed by atoms with Crippen molar-refractivity contribution in [3.63, 3.8) is 0 Å². The van der Waals surface area contributed by atoms with Crippen LogP contribution in [0.4, 0.5) is 0 Å². The topological polar surface area (TPSA) is 38.3 Å². The molecule has 0 bridgehead atoms. The standard InChI is InChI=1S/C20H25NO2/c1-16(2)18-11-6-12-19(14-18)23-15-20(22)21-13-7-10-17-8-4-3-5-9-17/h3-6,8-9,11-12,14,16H,7,10,13,15H2,1-2H3,(H,21,22). The van der Waals surface area contributed by atoms with Crippen molar-refractivity contribution in [2.45, 2.75) is 32.6 Å². The maximum atomic E-state index is 11.8. The van der Waals surface area contributed by atoms with Crippen LogP contribution in [0.2, 0.25) is 0 Å². The van der Waals surface area contributed by atoms with E-state index in [0.29, 0.717) is 12.5 Å². The van der Waals surface area contributed by atoms with Crippen molar-refractivity contribution in [3.05, 3.63) is 65.7 Å². The molecule has 23 heavy (non-hydrogen) atoms. The van der Waals surface area contributed by atoms with Gasteiger partial charge < -0.3 is 10.1 Å². The lowest BCUT2D eigenvalue weighted by atomic mass is 10.0. The molecule has 0 atom stereocenters. The predicted molar refractivity (Wildman–Crippen MR) is 93.8 cm³/mol. The first-order valence-electron chi connectivity index (χ1n) is 8.18. The number of aryl methyl sites for hydroxylation is 1. The van der Waals surface area contributed by atoms with Crippen LogP contribution in [0, 0.1) is 0 Å². The summed E-state index contributed by atoms with van der Waals surface area (Å²) in [6.07, 6.45) is 1.90. The second kappa shape index (κ2) is 8.99. The molecule has 0 saturated carbocycles. The van der Waals surface area contributed by atoms with Crippen molar-refractivity contribution < 1.29 is 9.53 Å². The summed E-state index contributed by atoms with van der Waals surface area (Å²) in [4.78, 5) is 11.8. The summed E-state index contributed by atoms with van der Waals surface area (Å²) in [5, 5.41) is 2.90. The smallest absolute Gasteiger partial charge is 0.257 e. The first-order valence-corrected chi connectivity index (χ1v) is 8.18. The molecule has 0 aliphatic rings. The fourth-order valence-corrected chi connectivity index (χ4v) is 2.33. The number of hydrogen-bond acceptors (Lipinski definition) is 2. The molecule has 3 nitrogen and oxygen atoms in total. The molecule has 1 N–H and O–H groups in total. The molecule has 0 aliphatic carbocycles. The molecule has 0 fully saturated rings. The van der Waals surface area contributed by atoms with E-state index in [0.717, 1.165) is 18.6 Å². The van der Waals surface area contributed by atoms with E-state index in [-0.39, 0.29) is 12.5 Å². The van der Waals surface area contributed by atoms with Gasteiger partial charge >= 0.3 is 0 Å². The molecule has 0 aromatic heterocycles. The van der Waals surface area contributed by atoms with Crippen LogP contribution in [0.5, 0.6) is 5.75 Å². The van der Waals surface area contributed by atoms with Gasteiger partial charge in [-0.3, -0.25) is 4.79 Å². The molecule has 0 spiro atoms. The van der Waals surface area contributed by atoms with E-state index < -0.39 is 0 Å². The molecule has 0 radical (unpaired) electrons. The van der Waals surface area contributed by atoms with Gasteiger partial charge in [0, 0.05) is 6.54 Å². The highest BCUT2D eigenvalue weighted by Crippen LogP contribution is 2.19. The average Bonchev–Trinajstić information content (AvgIpc) is 2.58. The zero-order valence-corrected chi connectivity index (χ0v) is 13.9. The van der Waals surface area contributed by atoms with Crippen LogP contribution in [-0.2, 0) is 11.2 Å². The Hall–Kier alpha value is -2.29. The summed E-state index contributed by atoms with van der Waals surface area (Å²) >= 11 is 0. The van der Waals surface area contributed by atoms with Crippen molar-refractivity contribution in [2.75, 3.05) is 13.2 Å². The number of ether oxygens (including phenoxy) is 1. The summed E-state index contributed by atoms with van der Waals surface area (Å²) in [7, 11) is 0. The Bertz CT molecular complexity index is 608. The minimum atomic E-state index is -0.0759. The molecule has 3 heteroatoms. The van der Waals surface area contributed by atoms with Crippen LogP contribution < -0.4 is 10.1 Å². The number of carbonyl (C=O) groups excluding carboxylic acids is 1. The highest BCUT2D eigenvalue weighted by atomic mass is 16.5. The SMILES string of the molecule is CC(C)c1cccc(OCC(=O)NCCCc2ccccc2)c1. The van der Waals surface area contributed by atoms with Crippen molar-refractivity contribution in [2.24, 2.45) is 0 Å². The molecule has 2 aromatic carbocycles. The van der Waals surface area contributed by atoms with Gasteiger partial charge in [-0.05, 0) is 42.0 Å².